The topological polar surface area (TPSA) is 92.2 Å². The fraction of sp³-hybridized carbons (Fsp3) is 0.222. The van der Waals surface area contributed by atoms with Crippen molar-refractivity contribution in [3.63, 3.8) is 0 Å². The number of hydrogen-bond donors (Lipinski definition) is 2. The summed E-state index contributed by atoms with van der Waals surface area (Å²) in [4.78, 5) is 31.4. The minimum absolute atomic E-state index is 0.0851. The van der Waals surface area contributed by atoms with Crippen LogP contribution in [0, 0.1) is 0 Å². The summed E-state index contributed by atoms with van der Waals surface area (Å²) in [6.07, 6.45) is 4.84. The second-order valence-electron chi connectivity index (χ2n) is 5.55. The number of aliphatic carboxylic acids is 1. The zero-order valence-electron chi connectivity index (χ0n) is 13.0. The smallest absolute Gasteiger partial charge is 0.303 e. The third-order valence-corrected chi connectivity index (χ3v) is 3.78. The lowest BCUT2D eigenvalue weighted by atomic mass is 10.1. The van der Waals surface area contributed by atoms with Crippen molar-refractivity contribution in [2.24, 2.45) is 0 Å². The Morgan fingerprint density at radius 3 is 2.50 bits per heavy atom. The molecule has 2 N–H and O–H groups in total. The van der Waals surface area contributed by atoms with Crippen LogP contribution in [0.5, 0.6) is 0 Å². The molecule has 0 spiro atoms. The molecule has 1 aromatic carbocycles. The zero-order chi connectivity index (χ0) is 16.9. The average molecular weight is 323 g/mol. The maximum atomic E-state index is 12.1. The molecule has 3 rings (SSSR count). The van der Waals surface area contributed by atoms with Gasteiger partial charge in [0.05, 0.1) is 16.7 Å². The molecule has 6 heteroatoms. The molecule has 0 unspecified atom stereocenters. The Bertz CT molecular complexity index is 908. The fourth-order valence-electron chi connectivity index (χ4n) is 2.65. The van der Waals surface area contributed by atoms with Crippen molar-refractivity contribution in [3.05, 3.63) is 42.7 Å². The number of unbranched alkanes of at least 4 members (excludes halogenated alkanes) is 1. The van der Waals surface area contributed by atoms with E-state index in [2.05, 4.69) is 15.3 Å². The van der Waals surface area contributed by atoms with Crippen LogP contribution in [0.3, 0.4) is 0 Å². The number of carbonyl (C=O) groups excluding carboxylic acids is 1. The minimum Gasteiger partial charge on any atom is -0.481 e. The normalized spacial score (nSPS) is 10.8. The number of nitrogens with one attached hydrogen (secondary N) is 1. The Balaban J connectivity index is 1.83. The Labute approximate surface area is 138 Å². The largest absolute Gasteiger partial charge is 0.481 e. The van der Waals surface area contributed by atoms with E-state index in [9.17, 15) is 9.59 Å². The summed E-state index contributed by atoms with van der Waals surface area (Å²) in [5.74, 6) is -0.969. The number of aromatic nitrogens is 2. The van der Waals surface area contributed by atoms with Crippen molar-refractivity contribution in [1.82, 2.24) is 9.97 Å². The molecule has 3 aromatic rings. The summed E-state index contributed by atoms with van der Waals surface area (Å²) in [5.41, 5.74) is 2.24. The highest BCUT2D eigenvalue weighted by molar-refractivity contribution is 6.11. The summed E-state index contributed by atoms with van der Waals surface area (Å²) in [5, 5.41) is 13.3. The number of anilines is 1. The molecule has 2 heterocycles. The maximum absolute atomic E-state index is 12.1. The lowest BCUT2D eigenvalue weighted by Gasteiger charge is -2.10. The Morgan fingerprint density at radius 1 is 1.00 bits per heavy atom. The van der Waals surface area contributed by atoms with Crippen molar-refractivity contribution in [2.45, 2.75) is 25.7 Å². The summed E-state index contributed by atoms with van der Waals surface area (Å²) < 4.78 is 0. The van der Waals surface area contributed by atoms with Gasteiger partial charge in [0, 0.05) is 36.0 Å². The molecule has 0 radical (unpaired) electrons. The van der Waals surface area contributed by atoms with Gasteiger partial charge in [-0.1, -0.05) is 6.07 Å². The van der Waals surface area contributed by atoms with Gasteiger partial charge in [-0.05, 0) is 37.1 Å². The highest BCUT2D eigenvalue weighted by Crippen LogP contribution is 2.29. The first-order chi connectivity index (χ1) is 11.6. The summed E-state index contributed by atoms with van der Waals surface area (Å²) in [7, 11) is 0. The van der Waals surface area contributed by atoms with Crippen LogP contribution in [0.1, 0.15) is 25.7 Å². The number of nitrogens with zero attached hydrogens (tertiary/aromatic N) is 2. The van der Waals surface area contributed by atoms with E-state index in [0.29, 0.717) is 24.9 Å². The predicted octanol–water partition coefficient (Wildman–Crippen LogP) is 3.37. The molecule has 1 amide bonds. The van der Waals surface area contributed by atoms with Gasteiger partial charge < -0.3 is 10.4 Å². The SMILES string of the molecule is O=C(O)CCCCC(=O)Nc1cc2cccnc2c2ncccc12. The molecule has 0 aliphatic rings. The molecular formula is C18H17N3O3. The van der Waals surface area contributed by atoms with Gasteiger partial charge >= 0.3 is 5.97 Å². The summed E-state index contributed by atoms with van der Waals surface area (Å²) in [6, 6.07) is 9.38. The first kappa shape index (κ1) is 15.9. The molecule has 0 atom stereocenters. The number of hydrogen-bond acceptors (Lipinski definition) is 4. The lowest BCUT2D eigenvalue weighted by Crippen LogP contribution is -2.12. The van der Waals surface area contributed by atoms with E-state index in [1.165, 1.54) is 0 Å². The maximum Gasteiger partial charge on any atom is 0.303 e. The lowest BCUT2D eigenvalue weighted by molar-refractivity contribution is -0.137. The molecule has 6 nitrogen and oxygen atoms in total. The highest BCUT2D eigenvalue weighted by Gasteiger charge is 2.11. The minimum atomic E-state index is -0.838. The van der Waals surface area contributed by atoms with Gasteiger partial charge in [-0.3, -0.25) is 19.6 Å². The quantitative estimate of drug-likeness (QED) is 0.536. The van der Waals surface area contributed by atoms with E-state index in [1.54, 1.807) is 12.4 Å². The second kappa shape index (κ2) is 7.04. The van der Waals surface area contributed by atoms with Crippen molar-refractivity contribution >= 4 is 39.4 Å². The van der Waals surface area contributed by atoms with Gasteiger partial charge in [0.1, 0.15) is 0 Å². The van der Waals surface area contributed by atoms with E-state index in [4.69, 9.17) is 5.11 Å². The number of fused-ring (bicyclic) bond motifs is 3. The van der Waals surface area contributed by atoms with E-state index in [-0.39, 0.29) is 12.3 Å². The van der Waals surface area contributed by atoms with Crippen molar-refractivity contribution in [2.75, 3.05) is 5.32 Å². The number of carbonyl (C=O) groups is 2. The van der Waals surface area contributed by atoms with Gasteiger partial charge in [-0.15, -0.1) is 0 Å². The van der Waals surface area contributed by atoms with Crippen LogP contribution in [0.15, 0.2) is 42.7 Å². The molecule has 24 heavy (non-hydrogen) atoms. The van der Waals surface area contributed by atoms with Crippen LogP contribution in [0.25, 0.3) is 21.8 Å². The van der Waals surface area contributed by atoms with Crippen LogP contribution in [0.4, 0.5) is 5.69 Å². The third-order valence-electron chi connectivity index (χ3n) is 3.78. The molecule has 0 saturated heterocycles. The van der Waals surface area contributed by atoms with Crippen LogP contribution in [-0.4, -0.2) is 27.0 Å². The van der Waals surface area contributed by atoms with Crippen LogP contribution < -0.4 is 5.32 Å². The molecule has 0 saturated carbocycles. The van der Waals surface area contributed by atoms with Gasteiger partial charge in [0.15, 0.2) is 0 Å². The van der Waals surface area contributed by atoms with E-state index >= 15 is 0 Å². The second-order valence-corrected chi connectivity index (χ2v) is 5.55. The Hall–Kier alpha value is -3.02. The standard InChI is InChI=1S/C18H17N3O3/c22-15(7-1-2-8-16(23)24)21-14-11-12-5-3-9-19-17(12)18-13(14)6-4-10-20-18/h3-6,9-11H,1-2,7-8H2,(H,21,22)(H,23,24). The van der Waals surface area contributed by atoms with Crippen molar-refractivity contribution < 1.29 is 14.7 Å². The predicted molar refractivity (Wildman–Crippen MR) is 91.8 cm³/mol. The number of amides is 1. The van der Waals surface area contributed by atoms with Gasteiger partial charge in [-0.2, -0.15) is 0 Å². The van der Waals surface area contributed by atoms with Crippen LogP contribution in [0.2, 0.25) is 0 Å². The summed E-state index contributed by atoms with van der Waals surface area (Å²) >= 11 is 0. The number of carboxylic acids is 1. The van der Waals surface area contributed by atoms with Crippen LogP contribution >= 0.6 is 0 Å². The summed E-state index contributed by atoms with van der Waals surface area (Å²) in [6.45, 7) is 0. The Kier molecular flexibility index (Phi) is 4.65. The van der Waals surface area contributed by atoms with Crippen molar-refractivity contribution in [1.29, 1.82) is 0 Å². The zero-order valence-corrected chi connectivity index (χ0v) is 13.0. The first-order valence-electron chi connectivity index (χ1n) is 7.79. The Morgan fingerprint density at radius 2 is 1.71 bits per heavy atom. The molecule has 0 aliphatic carbocycles. The van der Waals surface area contributed by atoms with E-state index in [0.717, 1.165) is 21.8 Å². The van der Waals surface area contributed by atoms with E-state index in [1.807, 2.05) is 30.3 Å². The molecule has 122 valence electrons. The van der Waals surface area contributed by atoms with Crippen LogP contribution in [-0.2, 0) is 9.59 Å². The molecule has 0 bridgehead atoms. The monoisotopic (exact) mass is 323 g/mol. The van der Waals surface area contributed by atoms with Gasteiger partial charge in [0.2, 0.25) is 5.91 Å². The molecule has 2 aromatic heterocycles. The van der Waals surface area contributed by atoms with Crippen molar-refractivity contribution in [3.8, 4) is 0 Å². The van der Waals surface area contributed by atoms with Gasteiger partial charge in [-0.25, -0.2) is 0 Å². The fourth-order valence-corrected chi connectivity index (χ4v) is 2.65. The van der Waals surface area contributed by atoms with E-state index < -0.39 is 5.97 Å². The number of benzene rings is 1. The van der Waals surface area contributed by atoms with Gasteiger partial charge in [0.25, 0.3) is 0 Å². The highest BCUT2D eigenvalue weighted by atomic mass is 16.4. The number of pyridine rings is 2. The number of carboxylic acid groups (broad SMARTS) is 1. The molecule has 0 fully saturated rings. The average Bonchev–Trinajstić information content (AvgIpc) is 2.59. The third kappa shape index (κ3) is 3.48. The first-order valence-corrected chi connectivity index (χ1v) is 7.79. The molecule has 0 aliphatic heterocycles. The molecular weight excluding hydrogens is 306 g/mol. The number of rotatable bonds is 6.